The molecule has 7 nitrogen and oxygen atoms in total. The highest BCUT2D eigenvalue weighted by Crippen LogP contribution is 2.24. The Balaban J connectivity index is 1.99. The Kier molecular flexibility index (Phi) is 7.05. The first kappa shape index (κ1) is 20.1. The number of nitrogens with zero attached hydrogens (tertiary/aromatic N) is 1. The number of rotatable bonds is 9. The van der Waals surface area contributed by atoms with E-state index < -0.39 is 11.0 Å². The second-order valence-corrected chi connectivity index (χ2v) is 6.12. The van der Waals surface area contributed by atoms with Crippen molar-refractivity contribution in [1.29, 1.82) is 0 Å². The normalized spacial score (nSPS) is 12.7. The molecular formula is C20H22N2O5. The minimum Gasteiger partial charge on any atom is -0.480 e. The Morgan fingerprint density at radius 3 is 2.56 bits per heavy atom. The van der Waals surface area contributed by atoms with Crippen LogP contribution in [0.4, 0.5) is 5.69 Å². The average molecular weight is 370 g/mol. The summed E-state index contributed by atoms with van der Waals surface area (Å²) in [6, 6.07) is 13.6. The molecule has 0 aliphatic carbocycles. The number of carbonyl (C=O) groups excluding carboxylic acids is 2. The molecule has 0 heterocycles. The van der Waals surface area contributed by atoms with Crippen LogP contribution in [0.15, 0.2) is 48.5 Å². The van der Waals surface area contributed by atoms with Gasteiger partial charge in [-0.15, -0.1) is 0 Å². The van der Waals surface area contributed by atoms with Gasteiger partial charge in [0.2, 0.25) is 0 Å². The van der Waals surface area contributed by atoms with Crippen molar-refractivity contribution >= 4 is 17.9 Å². The predicted octanol–water partition coefficient (Wildman–Crippen LogP) is 3.48. The lowest BCUT2D eigenvalue weighted by Crippen LogP contribution is -2.38. The van der Waals surface area contributed by atoms with Crippen molar-refractivity contribution in [3.8, 4) is 5.75 Å². The molecule has 0 radical (unpaired) electrons. The fraction of sp³-hybridized carbons (Fsp3) is 0.300. The third-order valence-electron chi connectivity index (χ3n) is 4.29. The fourth-order valence-corrected chi connectivity index (χ4v) is 2.68. The first-order valence-corrected chi connectivity index (χ1v) is 8.69. The molecule has 7 heteroatoms. The maximum absolute atomic E-state index is 12.3. The van der Waals surface area contributed by atoms with Gasteiger partial charge in [-0.3, -0.25) is 19.7 Å². The Morgan fingerprint density at radius 1 is 1.26 bits per heavy atom. The highest BCUT2D eigenvalue weighted by atomic mass is 16.6. The van der Waals surface area contributed by atoms with Gasteiger partial charge in [0.15, 0.2) is 12.4 Å². The van der Waals surface area contributed by atoms with Crippen molar-refractivity contribution < 1.29 is 19.2 Å². The third-order valence-corrected chi connectivity index (χ3v) is 4.29. The van der Waals surface area contributed by atoms with Crippen LogP contribution in [0.1, 0.15) is 42.1 Å². The molecule has 0 saturated heterocycles. The second kappa shape index (κ2) is 9.47. The maximum Gasteiger partial charge on any atom is 0.270 e. The Labute approximate surface area is 157 Å². The van der Waals surface area contributed by atoms with Crippen LogP contribution in [0.25, 0.3) is 0 Å². The zero-order valence-electron chi connectivity index (χ0n) is 15.3. The van der Waals surface area contributed by atoms with E-state index in [4.69, 9.17) is 4.74 Å². The van der Waals surface area contributed by atoms with Gasteiger partial charge in [-0.25, -0.2) is 0 Å². The molecule has 1 N–H and O–H groups in total. The number of ether oxygens (including phenoxy) is 1. The van der Waals surface area contributed by atoms with Crippen LogP contribution in [-0.2, 0) is 4.79 Å². The number of nitrogens with one attached hydrogen (secondary N) is 1. The quantitative estimate of drug-likeness (QED) is 0.414. The molecule has 27 heavy (non-hydrogen) atoms. The van der Waals surface area contributed by atoms with Crippen molar-refractivity contribution in [2.75, 3.05) is 6.54 Å². The van der Waals surface area contributed by atoms with E-state index in [1.54, 1.807) is 6.92 Å². The lowest BCUT2D eigenvalue weighted by atomic mass is 9.96. The molecule has 2 aromatic rings. The smallest absolute Gasteiger partial charge is 0.270 e. The molecule has 0 saturated carbocycles. The van der Waals surface area contributed by atoms with Crippen molar-refractivity contribution in [2.45, 2.75) is 32.3 Å². The van der Waals surface area contributed by atoms with Crippen LogP contribution >= 0.6 is 0 Å². The molecule has 2 rings (SSSR count). The van der Waals surface area contributed by atoms with Gasteiger partial charge in [0, 0.05) is 24.6 Å². The average Bonchev–Trinajstić information content (AvgIpc) is 2.69. The van der Waals surface area contributed by atoms with E-state index in [-0.39, 0.29) is 28.8 Å². The summed E-state index contributed by atoms with van der Waals surface area (Å²) in [7, 11) is 0. The molecule has 0 aromatic heterocycles. The summed E-state index contributed by atoms with van der Waals surface area (Å²) in [6.07, 6.45) is 0.491. The van der Waals surface area contributed by atoms with Crippen LogP contribution < -0.4 is 10.1 Å². The van der Waals surface area contributed by atoms with Gasteiger partial charge in [-0.05, 0) is 25.0 Å². The van der Waals surface area contributed by atoms with Gasteiger partial charge in [0.05, 0.1) is 10.5 Å². The summed E-state index contributed by atoms with van der Waals surface area (Å²) in [5, 5.41) is 13.6. The number of amides is 1. The number of nitro benzene ring substituents is 1. The number of hydrogen-bond acceptors (Lipinski definition) is 5. The van der Waals surface area contributed by atoms with Crippen LogP contribution in [0.2, 0.25) is 0 Å². The number of benzene rings is 2. The van der Waals surface area contributed by atoms with E-state index >= 15 is 0 Å². The van der Waals surface area contributed by atoms with Crippen LogP contribution in [0.5, 0.6) is 5.75 Å². The van der Waals surface area contributed by atoms with Gasteiger partial charge in [-0.2, -0.15) is 0 Å². The first-order valence-electron chi connectivity index (χ1n) is 8.69. The monoisotopic (exact) mass is 370 g/mol. The first-order chi connectivity index (χ1) is 13.0. The van der Waals surface area contributed by atoms with Crippen molar-refractivity contribution in [1.82, 2.24) is 5.32 Å². The highest BCUT2D eigenvalue weighted by molar-refractivity contribution is 5.83. The second-order valence-electron chi connectivity index (χ2n) is 6.12. The Hall–Kier alpha value is -3.22. The highest BCUT2D eigenvalue weighted by Gasteiger charge is 2.19. The van der Waals surface area contributed by atoms with Gasteiger partial charge in [0.1, 0.15) is 5.75 Å². The minimum absolute atomic E-state index is 0.0274. The zero-order valence-corrected chi connectivity index (χ0v) is 15.3. The summed E-state index contributed by atoms with van der Waals surface area (Å²) in [5.41, 5.74) is 0.960. The summed E-state index contributed by atoms with van der Waals surface area (Å²) in [4.78, 5) is 33.7. The summed E-state index contributed by atoms with van der Waals surface area (Å²) < 4.78 is 5.54. The number of hydrogen-bond donors (Lipinski definition) is 1. The Morgan fingerprint density at radius 2 is 1.96 bits per heavy atom. The van der Waals surface area contributed by atoms with E-state index in [9.17, 15) is 19.7 Å². The molecule has 0 bridgehead atoms. The lowest BCUT2D eigenvalue weighted by Gasteiger charge is -2.19. The molecule has 142 valence electrons. The molecule has 0 fully saturated rings. The summed E-state index contributed by atoms with van der Waals surface area (Å²) in [6.45, 7) is 4.08. The fourth-order valence-electron chi connectivity index (χ4n) is 2.68. The number of non-ortho nitro benzene ring substituents is 1. The van der Waals surface area contributed by atoms with E-state index in [2.05, 4.69) is 12.2 Å². The SMILES string of the molecule is CC[C@@H](CNC(=O)[C@@H](C)Oc1ccc([N+](=O)[O-])cc1C=O)c1ccccc1. The van der Waals surface area contributed by atoms with Crippen molar-refractivity contribution in [3.63, 3.8) is 0 Å². The van der Waals surface area contributed by atoms with Crippen LogP contribution in [-0.4, -0.2) is 29.8 Å². The Bertz CT molecular complexity index is 807. The molecule has 0 aliphatic rings. The van der Waals surface area contributed by atoms with E-state index in [1.807, 2.05) is 30.3 Å². The van der Waals surface area contributed by atoms with Crippen LogP contribution in [0.3, 0.4) is 0 Å². The topological polar surface area (TPSA) is 98.5 Å². The van der Waals surface area contributed by atoms with Crippen molar-refractivity contribution in [3.05, 3.63) is 69.8 Å². The number of carbonyl (C=O) groups is 2. The van der Waals surface area contributed by atoms with Gasteiger partial charge in [-0.1, -0.05) is 37.3 Å². The molecular weight excluding hydrogens is 348 g/mol. The summed E-state index contributed by atoms with van der Waals surface area (Å²) in [5.74, 6) is 0.000180. The number of aldehydes is 1. The summed E-state index contributed by atoms with van der Waals surface area (Å²) >= 11 is 0. The predicted molar refractivity (Wildman–Crippen MR) is 101 cm³/mol. The zero-order chi connectivity index (χ0) is 19.8. The molecule has 0 aliphatic heterocycles. The third kappa shape index (κ3) is 5.37. The molecule has 0 spiro atoms. The van der Waals surface area contributed by atoms with E-state index in [0.29, 0.717) is 12.8 Å². The maximum atomic E-state index is 12.3. The molecule has 2 atom stereocenters. The van der Waals surface area contributed by atoms with Gasteiger partial charge in [0.25, 0.3) is 11.6 Å². The van der Waals surface area contributed by atoms with Crippen molar-refractivity contribution in [2.24, 2.45) is 0 Å². The van der Waals surface area contributed by atoms with Gasteiger partial charge < -0.3 is 10.1 Å². The minimum atomic E-state index is -0.849. The molecule has 1 amide bonds. The largest absolute Gasteiger partial charge is 0.480 e. The molecule has 2 aromatic carbocycles. The lowest BCUT2D eigenvalue weighted by molar-refractivity contribution is -0.384. The van der Waals surface area contributed by atoms with Gasteiger partial charge >= 0.3 is 0 Å². The molecule has 0 unspecified atom stereocenters. The van der Waals surface area contributed by atoms with Crippen LogP contribution in [0, 0.1) is 10.1 Å². The van der Waals surface area contributed by atoms with E-state index in [0.717, 1.165) is 18.1 Å². The standard InChI is InChI=1S/C20H22N2O5/c1-3-15(16-7-5-4-6-8-16)12-21-20(24)14(2)27-19-10-9-18(22(25)26)11-17(19)13-23/h4-11,13-15H,3,12H2,1-2H3,(H,21,24)/t14-,15+/m1/s1. The number of nitro groups is 1. The van der Waals surface area contributed by atoms with E-state index in [1.165, 1.54) is 12.1 Å².